The first-order valence-corrected chi connectivity index (χ1v) is 11.4. The number of carbonyl (C=O) groups excluding carboxylic acids is 3. The highest BCUT2D eigenvalue weighted by atomic mass is 16.6. The van der Waals surface area contributed by atoms with E-state index < -0.39 is 41.6 Å². The second-order valence-electron chi connectivity index (χ2n) is 8.83. The number of esters is 1. The third kappa shape index (κ3) is 3.51. The van der Waals surface area contributed by atoms with Crippen molar-refractivity contribution in [2.24, 2.45) is 17.8 Å². The van der Waals surface area contributed by atoms with Gasteiger partial charge in [0.1, 0.15) is 11.6 Å². The van der Waals surface area contributed by atoms with E-state index in [0.717, 1.165) is 19.3 Å². The van der Waals surface area contributed by atoms with Crippen molar-refractivity contribution in [1.29, 1.82) is 0 Å². The maximum absolute atomic E-state index is 13.7. The molecule has 1 spiro atoms. The molecule has 2 amide bonds. The zero-order valence-electron chi connectivity index (χ0n) is 18.6. The topological polar surface area (TPSA) is 105 Å². The first-order valence-electron chi connectivity index (χ1n) is 11.4. The van der Waals surface area contributed by atoms with Crippen LogP contribution in [0.15, 0.2) is 0 Å². The summed E-state index contributed by atoms with van der Waals surface area (Å²) in [6.45, 7) is 8.25. The summed E-state index contributed by atoms with van der Waals surface area (Å²) in [7, 11) is 0. The highest BCUT2D eigenvalue weighted by molar-refractivity contribution is 5.98. The summed E-state index contributed by atoms with van der Waals surface area (Å²) in [6, 6.07) is -1.35. The van der Waals surface area contributed by atoms with Gasteiger partial charge in [-0.3, -0.25) is 14.4 Å². The van der Waals surface area contributed by atoms with Crippen molar-refractivity contribution in [3.8, 4) is 0 Å². The van der Waals surface area contributed by atoms with Gasteiger partial charge in [-0.15, -0.1) is 0 Å². The maximum Gasteiger partial charge on any atom is 0.312 e. The lowest BCUT2D eigenvalue weighted by molar-refractivity contribution is -0.155. The Kier molecular flexibility index (Phi) is 7.07. The Morgan fingerprint density at radius 3 is 2.70 bits per heavy atom. The Morgan fingerprint density at radius 2 is 2.10 bits per heavy atom. The third-order valence-electron chi connectivity index (χ3n) is 7.22. The summed E-state index contributed by atoms with van der Waals surface area (Å²) >= 11 is 0. The lowest BCUT2D eigenvalue weighted by Crippen LogP contribution is -2.59. The number of hydrogen-bond acceptors (Lipinski definition) is 6. The van der Waals surface area contributed by atoms with Crippen LogP contribution < -0.4 is 5.32 Å². The molecule has 8 heteroatoms. The van der Waals surface area contributed by atoms with Gasteiger partial charge in [0.05, 0.1) is 37.2 Å². The van der Waals surface area contributed by atoms with Crippen LogP contribution in [0.4, 0.5) is 0 Å². The molecule has 3 aliphatic heterocycles. The van der Waals surface area contributed by atoms with Gasteiger partial charge in [0.25, 0.3) is 0 Å². The van der Waals surface area contributed by atoms with E-state index >= 15 is 0 Å². The number of rotatable bonds is 10. The summed E-state index contributed by atoms with van der Waals surface area (Å²) in [5, 5.41) is 13.1. The average Bonchev–Trinajstić information content (AvgIpc) is 3.36. The van der Waals surface area contributed by atoms with Gasteiger partial charge in [-0.25, -0.2) is 0 Å². The minimum absolute atomic E-state index is 0.00152. The average molecular weight is 425 g/mol. The zero-order valence-corrected chi connectivity index (χ0v) is 18.6. The van der Waals surface area contributed by atoms with E-state index in [4.69, 9.17) is 9.47 Å². The molecule has 3 rings (SSSR count). The second kappa shape index (κ2) is 9.22. The van der Waals surface area contributed by atoms with E-state index in [0.29, 0.717) is 19.4 Å². The number of aliphatic hydroxyl groups is 1. The number of likely N-dealkylation sites (tertiary alicyclic amines) is 1. The van der Waals surface area contributed by atoms with Crippen molar-refractivity contribution in [2.75, 3.05) is 19.8 Å². The van der Waals surface area contributed by atoms with Crippen LogP contribution in [-0.4, -0.2) is 71.3 Å². The molecule has 0 aromatic rings. The van der Waals surface area contributed by atoms with Gasteiger partial charge in [-0.05, 0) is 32.1 Å². The molecule has 3 aliphatic rings. The molecule has 2 bridgehead atoms. The van der Waals surface area contributed by atoms with Crippen LogP contribution >= 0.6 is 0 Å². The number of hydrogen-bond donors (Lipinski definition) is 2. The minimum atomic E-state index is -1.03. The van der Waals surface area contributed by atoms with Gasteiger partial charge in [0.15, 0.2) is 0 Å². The predicted octanol–water partition coefficient (Wildman–Crippen LogP) is 1.25. The van der Waals surface area contributed by atoms with Crippen molar-refractivity contribution < 1.29 is 29.0 Å². The van der Waals surface area contributed by atoms with Crippen LogP contribution in [-0.2, 0) is 23.9 Å². The smallest absolute Gasteiger partial charge is 0.312 e. The molecule has 0 radical (unpaired) electrons. The van der Waals surface area contributed by atoms with E-state index in [1.165, 1.54) is 4.90 Å². The second-order valence-corrected chi connectivity index (χ2v) is 8.83. The fourth-order valence-corrected chi connectivity index (χ4v) is 5.55. The van der Waals surface area contributed by atoms with Crippen LogP contribution in [0.5, 0.6) is 0 Å². The zero-order chi connectivity index (χ0) is 22.1. The fraction of sp³-hybridized carbons (Fsp3) is 0.864. The number of ether oxygens (including phenoxy) is 2. The molecule has 3 fully saturated rings. The molecule has 0 aromatic carbocycles. The van der Waals surface area contributed by atoms with E-state index in [1.54, 1.807) is 6.92 Å². The van der Waals surface area contributed by atoms with Gasteiger partial charge in [-0.2, -0.15) is 0 Å². The number of carbonyl (C=O) groups is 3. The molecule has 8 nitrogen and oxygen atoms in total. The minimum Gasteiger partial charge on any atom is -0.466 e. The quantitative estimate of drug-likeness (QED) is 0.404. The summed E-state index contributed by atoms with van der Waals surface area (Å²) in [6.07, 6.45) is 3.30. The molecule has 2 N–H and O–H groups in total. The van der Waals surface area contributed by atoms with Gasteiger partial charge in [0, 0.05) is 6.54 Å². The van der Waals surface area contributed by atoms with Crippen molar-refractivity contribution in [3.05, 3.63) is 0 Å². The SMILES string of the molecule is CCCCNC(=O)[C@@H]1N([C@@H](CO)[C@@H](C)CC)C(=O)[C@H]2[C@H](C(=O)OCC)[C@@H]3CC[C@]12O3. The normalized spacial score (nSPS) is 34.0. The van der Waals surface area contributed by atoms with Crippen molar-refractivity contribution in [3.63, 3.8) is 0 Å². The highest BCUT2D eigenvalue weighted by Gasteiger charge is 2.75. The number of unbranched alkanes of at least 4 members (excludes halogenated alkanes) is 1. The molecule has 3 saturated heterocycles. The van der Waals surface area contributed by atoms with Crippen LogP contribution in [0, 0.1) is 17.8 Å². The van der Waals surface area contributed by atoms with E-state index in [9.17, 15) is 19.5 Å². The Morgan fingerprint density at radius 1 is 1.37 bits per heavy atom. The Labute approximate surface area is 178 Å². The van der Waals surface area contributed by atoms with Crippen molar-refractivity contribution in [1.82, 2.24) is 10.2 Å². The lowest BCUT2D eigenvalue weighted by Gasteiger charge is -2.38. The highest BCUT2D eigenvalue weighted by Crippen LogP contribution is 2.59. The van der Waals surface area contributed by atoms with Gasteiger partial charge < -0.3 is 24.8 Å². The lowest BCUT2D eigenvalue weighted by atomic mass is 9.70. The molecule has 0 aliphatic carbocycles. The third-order valence-corrected chi connectivity index (χ3v) is 7.22. The summed E-state index contributed by atoms with van der Waals surface area (Å²) in [5.74, 6) is -2.40. The van der Waals surface area contributed by atoms with Crippen LogP contribution in [0.2, 0.25) is 0 Å². The van der Waals surface area contributed by atoms with E-state index in [-0.39, 0.29) is 30.9 Å². The Bertz CT molecular complexity index is 670. The largest absolute Gasteiger partial charge is 0.466 e. The molecule has 3 heterocycles. The molecular formula is C22H36N2O6. The molecular weight excluding hydrogens is 388 g/mol. The number of nitrogens with zero attached hydrogens (tertiary/aromatic N) is 1. The van der Waals surface area contributed by atoms with E-state index in [1.807, 2.05) is 20.8 Å². The predicted molar refractivity (Wildman–Crippen MR) is 109 cm³/mol. The summed E-state index contributed by atoms with van der Waals surface area (Å²) in [5.41, 5.74) is -1.03. The van der Waals surface area contributed by atoms with Crippen LogP contribution in [0.1, 0.15) is 59.8 Å². The van der Waals surface area contributed by atoms with Crippen molar-refractivity contribution >= 4 is 17.8 Å². The molecule has 0 aromatic heterocycles. The van der Waals surface area contributed by atoms with E-state index in [2.05, 4.69) is 5.32 Å². The molecule has 0 unspecified atom stereocenters. The fourth-order valence-electron chi connectivity index (χ4n) is 5.55. The number of aliphatic hydroxyl groups excluding tert-OH is 1. The monoisotopic (exact) mass is 424 g/mol. The first-order chi connectivity index (χ1) is 14.4. The summed E-state index contributed by atoms with van der Waals surface area (Å²) in [4.78, 5) is 41.3. The summed E-state index contributed by atoms with van der Waals surface area (Å²) < 4.78 is 11.6. The van der Waals surface area contributed by atoms with Gasteiger partial charge >= 0.3 is 5.97 Å². The number of amides is 2. The molecule has 0 saturated carbocycles. The van der Waals surface area contributed by atoms with Gasteiger partial charge in [-0.1, -0.05) is 33.6 Å². The van der Waals surface area contributed by atoms with Gasteiger partial charge in [0.2, 0.25) is 11.8 Å². The van der Waals surface area contributed by atoms with Crippen LogP contribution in [0.3, 0.4) is 0 Å². The molecule has 170 valence electrons. The molecule has 7 atom stereocenters. The maximum atomic E-state index is 13.7. The standard InChI is InChI=1S/C22H36N2O6/c1-5-8-11-23-19(26)18-22-10-9-15(30-22)16(21(28)29-7-3)17(22)20(27)24(18)14(12-25)13(4)6-2/h13-18,25H,5-12H2,1-4H3,(H,23,26)/t13-,14-,15-,16+,17+,18-,22+/m0/s1. The molecule has 30 heavy (non-hydrogen) atoms. The Balaban J connectivity index is 2.01. The number of fused-ring (bicyclic) bond motifs is 1. The van der Waals surface area contributed by atoms with Crippen molar-refractivity contribution in [2.45, 2.75) is 83.6 Å². The Hall–Kier alpha value is -1.67. The first kappa shape index (κ1) is 23.0. The van der Waals surface area contributed by atoms with Crippen LogP contribution in [0.25, 0.3) is 0 Å². The number of nitrogens with one attached hydrogen (secondary N) is 1.